The van der Waals surface area contributed by atoms with Crippen molar-refractivity contribution in [2.45, 2.75) is 38.6 Å². The molecule has 2 atom stereocenters. The van der Waals surface area contributed by atoms with Crippen molar-refractivity contribution in [2.75, 3.05) is 5.32 Å². The number of nitrogens with zero attached hydrogens (tertiary/aromatic N) is 1. The summed E-state index contributed by atoms with van der Waals surface area (Å²) >= 11 is 1.61. The molecular formula is C14H17FN2S. The second kappa shape index (κ2) is 4.84. The monoisotopic (exact) mass is 264 g/mol. The van der Waals surface area contributed by atoms with Crippen LogP contribution in [-0.4, -0.2) is 11.0 Å². The number of aromatic nitrogens is 1. The molecule has 0 bridgehead atoms. The average Bonchev–Trinajstić information content (AvgIpc) is 2.73. The Morgan fingerprint density at radius 3 is 3.00 bits per heavy atom. The van der Waals surface area contributed by atoms with Crippen molar-refractivity contribution in [1.82, 2.24) is 4.98 Å². The van der Waals surface area contributed by atoms with Gasteiger partial charge in [-0.3, -0.25) is 0 Å². The second-order valence-corrected chi connectivity index (χ2v) is 6.17. The Morgan fingerprint density at radius 2 is 2.17 bits per heavy atom. The number of rotatable bonds is 2. The molecule has 0 spiro atoms. The van der Waals surface area contributed by atoms with E-state index in [0.717, 1.165) is 15.3 Å². The van der Waals surface area contributed by atoms with E-state index < -0.39 is 0 Å². The van der Waals surface area contributed by atoms with Crippen molar-refractivity contribution in [3.05, 3.63) is 24.0 Å². The summed E-state index contributed by atoms with van der Waals surface area (Å²) in [6, 6.07) is 5.32. The predicted octanol–water partition coefficient (Wildman–Crippen LogP) is 4.43. The van der Waals surface area contributed by atoms with Crippen molar-refractivity contribution in [2.24, 2.45) is 5.92 Å². The zero-order chi connectivity index (χ0) is 12.5. The van der Waals surface area contributed by atoms with E-state index in [4.69, 9.17) is 0 Å². The Labute approximate surface area is 110 Å². The summed E-state index contributed by atoms with van der Waals surface area (Å²) < 4.78 is 14.2. The molecule has 0 amide bonds. The van der Waals surface area contributed by atoms with Crippen LogP contribution in [0.4, 0.5) is 9.52 Å². The molecule has 18 heavy (non-hydrogen) atoms. The molecule has 0 radical (unpaired) electrons. The molecule has 1 aliphatic carbocycles. The van der Waals surface area contributed by atoms with Crippen LogP contribution in [0, 0.1) is 11.7 Å². The molecule has 1 heterocycles. The maximum atomic E-state index is 13.1. The lowest BCUT2D eigenvalue weighted by Crippen LogP contribution is -2.30. The molecule has 2 nitrogen and oxygen atoms in total. The van der Waals surface area contributed by atoms with Gasteiger partial charge in [0.15, 0.2) is 5.13 Å². The molecule has 3 rings (SSSR count). The molecule has 2 aromatic rings. The lowest BCUT2D eigenvalue weighted by Gasteiger charge is -2.29. The maximum Gasteiger partial charge on any atom is 0.184 e. The van der Waals surface area contributed by atoms with E-state index in [1.54, 1.807) is 17.4 Å². The van der Waals surface area contributed by atoms with Gasteiger partial charge < -0.3 is 5.32 Å². The molecule has 1 fully saturated rings. The van der Waals surface area contributed by atoms with Crippen LogP contribution in [0.25, 0.3) is 10.2 Å². The van der Waals surface area contributed by atoms with E-state index in [2.05, 4.69) is 17.2 Å². The fraction of sp³-hybridized carbons (Fsp3) is 0.500. The van der Waals surface area contributed by atoms with Gasteiger partial charge in [0.05, 0.1) is 10.2 Å². The molecule has 1 aromatic carbocycles. The van der Waals surface area contributed by atoms with E-state index in [1.165, 1.54) is 37.8 Å². The predicted molar refractivity (Wildman–Crippen MR) is 74.6 cm³/mol. The van der Waals surface area contributed by atoms with Crippen LogP contribution in [0.15, 0.2) is 18.2 Å². The highest BCUT2D eigenvalue weighted by Gasteiger charge is 2.21. The van der Waals surface area contributed by atoms with Crippen LogP contribution >= 0.6 is 11.3 Å². The molecule has 1 aromatic heterocycles. The van der Waals surface area contributed by atoms with Gasteiger partial charge in [0.2, 0.25) is 0 Å². The van der Waals surface area contributed by atoms with Crippen LogP contribution in [0.1, 0.15) is 32.6 Å². The minimum Gasteiger partial charge on any atom is -0.358 e. The summed E-state index contributed by atoms with van der Waals surface area (Å²) in [5, 5.41) is 4.45. The smallest absolute Gasteiger partial charge is 0.184 e. The fourth-order valence-electron chi connectivity index (χ4n) is 2.65. The number of nitrogens with one attached hydrogen (secondary N) is 1. The first-order valence-electron chi connectivity index (χ1n) is 6.55. The van der Waals surface area contributed by atoms with Crippen molar-refractivity contribution < 1.29 is 4.39 Å². The third kappa shape index (κ3) is 2.34. The Morgan fingerprint density at radius 1 is 1.33 bits per heavy atom. The number of benzene rings is 1. The summed E-state index contributed by atoms with van der Waals surface area (Å²) in [6.07, 6.45) is 5.13. The zero-order valence-electron chi connectivity index (χ0n) is 10.4. The lowest BCUT2D eigenvalue weighted by atomic mass is 9.86. The van der Waals surface area contributed by atoms with Crippen molar-refractivity contribution in [1.29, 1.82) is 0 Å². The van der Waals surface area contributed by atoms with Gasteiger partial charge in [0.25, 0.3) is 0 Å². The normalized spacial score (nSPS) is 24.3. The minimum absolute atomic E-state index is 0.217. The van der Waals surface area contributed by atoms with Crippen LogP contribution in [0.5, 0.6) is 0 Å². The van der Waals surface area contributed by atoms with E-state index >= 15 is 0 Å². The van der Waals surface area contributed by atoms with E-state index in [9.17, 15) is 4.39 Å². The highest BCUT2D eigenvalue weighted by atomic mass is 32.1. The van der Waals surface area contributed by atoms with Crippen LogP contribution in [0.2, 0.25) is 0 Å². The molecule has 0 saturated heterocycles. The molecule has 2 unspecified atom stereocenters. The first-order valence-corrected chi connectivity index (χ1v) is 7.36. The Hall–Kier alpha value is -1.16. The molecular weight excluding hydrogens is 247 g/mol. The van der Waals surface area contributed by atoms with Crippen molar-refractivity contribution in [3.63, 3.8) is 0 Å². The lowest BCUT2D eigenvalue weighted by molar-refractivity contribution is 0.349. The number of fused-ring (bicyclic) bond motifs is 1. The summed E-state index contributed by atoms with van der Waals surface area (Å²) in [5.74, 6) is 0.480. The van der Waals surface area contributed by atoms with E-state index in [0.29, 0.717) is 12.0 Å². The topological polar surface area (TPSA) is 24.9 Å². The molecule has 96 valence electrons. The van der Waals surface area contributed by atoms with E-state index in [-0.39, 0.29) is 5.82 Å². The van der Waals surface area contributed by atoms with Crippen molar-refractivity contribution >= 4 is 26.7 Å². The quantitative estimate of drug-likeness (QED) is 0.868. The number of hydrogen-bond acceptors (Lipinski definition) is 3. The van der Waals surface area contributed by atoms with Gasteiger partial charge in [-0.1, -0.05) is 31.1 Å². The van der Waals surface area contributed by atoms with E-state index in [1.807, 2.05) is 0 Å². The molecule has 1 N–H and O–H groups in total. The summed E-state index contributed by atoms with van der Waals surface area (Å²) in [4.78, 5) is 4.47. The Balaban J connectivity index is 1.81. The minimum atomic E-state index is -0.217. The third-order valence-electron chi connectivity index (χ3n) is 3.77. The summed E-state index contributed by atoms with van der Waals surface area (Å²) in [5.41, 5.74) is 0.756. The number of thiazole rings is 1. The number of halogens is 1. The van der Waals surface area contributed by atoms with Gasteiger partial charge in [-0.25, -0.2) is 9.37 Å². The number of hydrogen-bond donors (Lipinski definition) is 1. The SMILES string of the molecule is CC1CCCCC1Nc1nc2cc(F)ccc2s1. The fourth-order valence-corrected chi connectivity index (χ4v) is 3.56. The molecule has 1 saturated carbocycles. The van der Waals surface area contributed by atoms with Crippen molar-refractivity contribution in [3.8, 4) is 0 Å². The van der Waals surface area contributed by atoms with Crippen LogP contribution < -0.4 is 5.32 Å². The zero-order valence-corrected chi connectivity index (χ0v) is 11.3. The molecule has 4 heteroatoms. The van der Waals surface area contributed by atoms with Crippen LogP contribution in [-0.2, 0) is 0 Å². The largest absolute Gasteiger partial charge is 0.358 e. The third-order valence-corrected chi connectivity index (χ3v) is 4.74. The second-order valence-electron chi connectivity index (χ2n) is 5.14. The standard InChI is InChI=1S/C14H17FN2S/c1-9-4-2-3-5-11(9)16-14-17-12-8-10(15)6-7-13(12)18-14/h6-9,11H,2-5H2,1H3,(H,16,17). The highest BCUT2D eigenvalue weighted by Crippen LogP contribution is 2.31. The van der Waals surface area contributed by atoms with Gasteiger partial charge in [-0.15, -0.1) is 0 Å². The molecule has 1 aliphatic rings. The summed E-state index contributed by atoms with van der Waals surface area (Å²) in [7, 11) is 0. The summed E-state index contributed by atoms with van der Waals surface area (Å²) in [6.45, 7) is 2.30. The van der Waals surface area contributed by atoms with Crippen LogP contribution in [0.3, 0.4) is 0 Å². The highest BCUT2D eigenvalue weighted by molar-refractivity contribution is 7.22. The Bertz CT molecular complexity index is 552. The maximum absolute atomic E-state index is 13.1. The van der Waals surface area contributed by atoms with Gasteiger partial charge in [-0.2, -0.15) is 0 Å². The van der Waals surface area contributed by atoms with Gasteiger partial charge >= 0.3 is 0 Å². The van der Waals surface area contributed by atoms with Gasteiger partial charge in [0.1, 0.15) is 5.82 Å². The number of anilines is 1. The molecule has 0 aliphatic heterocycles. The van der Waals surface area contributed by atoms with Gasteiger partial charge in [-0.05, 0) is 30.9 Å². The average molecular weight is 264 g/mol. The first kappa shape index (κ1) is 11.9. The Kier molecular flexibility index (Phi) is 3.20. The van der Waals surface area contributed by atoms with Gasteiger partial charge in [0, 0.05) is 12.1 Å². The first-order chi connectivity index (χ1) is 8.72.